The second kappa shape index (κ2) is 8.11. The van der Waals surface area contributed by atoms with E-state index in [1.54, 1.807) is 0 Å². The molecule has 1 aliphatic heterocycles. The van der Waals surface area contributed by atoms with Gasteiger partial charge in [0.25, 0.3) is 0 Å². The number of ether oxygens (including phenoxy) is 3. The van der Waals surface area contributed by atoms with Gasteiger partial charge in [0.15, 0.2) is 0 Å². The van der Waals surface area contributed by atoms with Gasteiger partial charge in [0.1, 0.15) is 31.9 Å². The third kappa shape index (κ3) is 4.79. The van der Waals surface area contributed by atoms with E-state index < -0.39 is 0 Å². The molecule has 0 spiro atoms. The second-order valence-corrected chi connectivity index (χ2v) is 5.81. The molecule has 122 valence electrons. The summed E-state index contributed by atoms with van der Waals surface area (Å²) in [5.74, 6) is 0.904. The Hall–Kier alpha value is -1.88. The fourth-order valence-corrected chi connectivity index (χ4v) is 2.54. The van der Waals surface area contributed by atoms with Crippen LogP contribution in [0, 0.1) is 6.92 Å². The molecule has 0 bridgehead atoms. The first-order valence-corrected chi connectivity index (χ1v) is 7.95. The molecule has 2 aromatic rings. The molecular weight excluding hydrogens is 290 g/mol. The topological polar surface area (TPSA) is 30.9 Å². The maximum absolute atomic E-state index is 5.93. The maximum atomic E-state index is 5.93. The number of para-hydroxylation sites is 1. The lowest BCUT2D eigenvalue weighted by Crippen LogP contribution is -2.28. The van der Waals surface area contributed by atoms with Crippen LogP contribution in [0.2, 0.25) is 0 Å². The zero-order valence-corrected chi connectivity index (χ0v) is 13.5. The molecule has 1 fully saturated rings. The van der Waals surface area contributed by atoms with Gasteiger partial charge in [0.05, 0.1) is 6.61 Å². The number of hydrogen-bond acceptors (Lipinski definition) is 4. The Morgan fingerprint density at radius 3 is 2.65 bits per heavy atom. The minimum atomic E-state index is -0.0459. The molecule has 0 aromatic heterocycles. The van der Waals surface area contributed by atoms with Crippen LogP contribution < -0.4 is 4.74 Å². The minimum Gasteiger partial charge on any atom is -0.491 e. The lowest BCUT2D eigenvalue weighted by atomic mass is 10.2. The molecule has 0 amide bonds. The van der Waals surface area contributed by atoms with Crippen molar-refractivity contribution in [3.05, 3.63) is 65.7 Å². The Bertz CT molecular complexity index is 603. The molecule has 0 aliphatic carbocycles. The van der Waals surface area contributed by atoms with Crippen molar-refractivity contribution >= 4 is 0 Å². The van der Waals surface area contributed by atoms with Gasteiger partial charge in [-0.25, -0.2) is 0 Å². The Labute approximate surface area is 137 Å². The predicted molar refractivity (Wildman–Crippen MR) is 89.2 cm³/mol. The molecule has 1 atom stereocenters. The molecule has 0 saturated carbocycles. The summed E-state index contributed by atoms with van der Waals surface area (Å²) in [5.41, 5.74) is 2.39. The first-order valence-electron chi connectivity index (χ1n) is 7.95. The Kier molecular flexibility index (Phi) is 5.64. The van der Waals surface area contributed by atoms with Crippen molar-refractivity contribution in [2.45, 2.75) is 19.6 Å². The van der Waals surface area contributed by atoms with Crippen LogP contribution in [0.5, 0.6) is 5.75 Å². The lowest BCUT2D eigenvalue weighted by molar-refractivity contribution is -0.0215. The minimum absolute atomic E-state index is 0.0459. The summed E-state index contributed by atoms with van der Waals surface area (Å²) < 4.78 is 17.5. The summed E-state index contributed by atoms with van der Waals surface area (Å²) in [4.78, 5) is 2.14. The molecule has 3 rings (SSSR count). The van der Waals surface area contributed by atoms with Crippen LogP contribution in [-0.2, 0) is 16.0 Å². The number of nitrogens with zero attached hydrogens (tertiary/aromatic N) is 1. The molecule has 23 heavy (non-hydrogen) atoms. The van der Waals surface area contributed by atoms with E-state index in [9.17, 15) is 0 Å². The maximum Gasteiger partial charge on any atom is 0.122 e. The highest BCUT2D eigenvalue weighted by Gasteiger charge is 2.18. The van der Waals surface area contributed by atoms with E-state index >= 15 is 0 Å². The number of aryl methyl sites for hydroxylation is 1. The third-order valence-corrected chi connectivity index (χ3v) is 3.84. The molecule has 0 radical (unpaired) electrons. The summed E-state index contributed by atoms with van der Waals surface area (Å²) in [7, 11) is 0. The Morgan fingerprint density at radius 2 is 1.83 bits per heavy atom. The largest absolute Gasteiger partial charge is 0.491 e. The molecule has 0 N–H and O–H groups in total. The average Bonchev–Trinajstić information content (AvgIpc) is 2.80. The van der Waals surface area contributed by atoms with Crippen LogP contribution in [0.3, 0.4) is 0 Å². The van der Waals surface area contributed by atoms with Crippen molar-refractivity contribution in [1.29, 1.82) is 0 Å². The van der Waals surface area contributed by atoms with E-state index in [-0.39, 0.29) is 6.10 Å². The molecule has 2 aromatic carbocycles. The Balaban J connectivity index is 1.48. The van der Waals surface area contributed by atoms with Gasteiger partial charge in [-0.2, -0.15) is 0 Å². The number of hydrogen-bond donors (Lipinski definition) is 0. The van der Waals surface area contributed by atoms with Crippen molar-refractivity contribution in [2.75, 3.05) is 26.7 Å². The number of benzene rings is 2. The van der Waals surface area contributed by atoms with Crippen LogP contribution in [0.25, 0.3) is 0 Å². The standard InChI is InChI=1S/C19H23NO3/c1-16-7-5-6-10-19(16)22-13-18-12-21-14-20(15-23-18)11-17-8-3-2-4-9-17/h2-10,18H,11-15H2,1H3. The van der Waals surface area contributed by atoms with Crippen LogP contribution >= 0.6 is 0 Å². The van der Waals surface area contributed by atoms with E-state index in [0.717, 1.165) is 17.9 Å². The van der Waals surface area contributed by atoms with Crippen molar-refractivity contribution in [2.24, 2.45) is 0 Å². The van der Waals surface area contributed by atoms with Crippen LogP contribution in [0.1, 0.15) is 11.1 Å². The van der Waals surface area contributed by atoms with Gasteiger partial charge in [-0.15, -0.1) is 0 Å². The molecule has 1 saturated heterocycles. The van der Waals surface area contributed by atoms with Gasteiger partial charge in [0, 0.05) is 6.54 Å². The van der Waals surface area contributed by atoms with E-state index in [1.165, 1.54) is 5.56 Å². The van der Waals surface area contributed by atoms with Gasteiger partial charge < -0.3 is 14.2 Å². The van der Waals surface area contributed by atoms with Crippen molar-refractivity contribution in [1.82, 2.24) is 4.90 Å². The summed E-state index contributed by atoms with van der Waals surface area (Å²) in [5, 5.41) is 0. The van der Waals surface area contributed by atoms with Crippen LogP contribution in [0.15, 0.2) is 54.6 Å². The molecule has 4 nitrogen and oxygen atoms in total. The normalized spacial score (nSPS) is 19.3. The average molecular weight is 313 g/mol. The molecular formula is C19H23NO3. The zero-order chi connectivity index (χ0) is 15.9. The number of rotatable bonds is 5. The van der Waals surface area contributed by atoms with E-state index in [2.05, 4.69) is 17.0 Å². The summed E-state index contributed by atoms with van der Waals surface area (Å²) in [6.45, 7) is 5.06. The zero-order valence-electron chi connectivity index (χ0n) is 13.5. The first-order chi connectivity index (χ1) is 11.3. The summed E-state index contributed by atoms with van der Waals surface area (Å²) in [6.07, 6.45) is -0.0459. The van der Waals surface area contributed by atoms with E-state index in [4.69, 9.17) is 14.2 Å². The van der Waals surface area contributed by atoms with Gasteiger partial charge in [-0.05, 0) is 24.1 Å². The first kappa shape index (κ1) is 16.0. The smallest absolute Gasteiger partial charge is 0.122 e. The molecule has 1 unspecified atom stereocenters. The highest BCUT2D eigenvalue weighted by molar-refractivity contribution is 5.31. The molecule has 4 heteroatoms. The van der Waals surface area contributed by atoms with Crippen LogP contribution in [0.4, 0.5) is 0 Å². The molecule has 1 heterocycles. The predicted octanol–water partition coefficient (Wildman–Crippen LogP) is 3.21. The fraction of sp³-hybridized carbons (Fsp3) is 0.368. The van der Waals surface area contributed by atoms with Gasteiger partial charge in [-0.1, -0.05) is 48.5 Å². The summed E-state index contributed by atoms with van der Waals surface area (Å²) in [6, 6.07) is 18.4. The van der Waals surface area contributed by atoms with E-state index in [0.29, 0.717) is 26.7 Å². The third-order valence-electron chi connectivity index (χ3n) is 3.84. The van der Waals surface area contributed by atoms with E-state index in [1.807, 2.05) is 49.4 Å². The van der Waals surface area contributed by atoms with Gasteiger partial charge in [-0.3, -0.25) is 4.90 Å². The van der Waals surface area contributed by atoms with Gasteiger partial charge >= 0.3 is 0 Å². The lowest BCUT2D eigenvalue weighted by Gasteiger charge is -2.19. The summed E-state index contributed by atoms with van der Waals surface area (Å²) >= 11 is 0. The van der Waals surface area contributed by atoms with Crippen LogP contribution in [-0.4, -0.2) is 37.7 Å². The quantitative estimate of drug-likeness (QED) is 0.848. The monoisotopic (exact) mass is 313 g/mol. The van der Waals surface area contributed by atoms with Crippen molar-refractivity contribution in [3.63, 3.8) is 0 Å². The molecule has 1 aliphatic rings. The highest BCUT2D eigenvalue weighted by Crippen LogP contribution is 2.17. The SMILES string of the molecule is Cc1ccccc1OCC1COCN(Cc2ccccc2)CO1. The van der Waals surface area contributed by atoms with Crippen molar-refractivity contribution < 1.29 is 14.2 Å². The highest BCUT2D eigenvalue weighted by atomic mass is 16.6. The van der Waals surface area contributed by atoms with Crippen molar-refractivity contribution in [3.8, 4) is 5.75 Å². The Morgan fingerprint density at radius 1 is 1.04 bits per heavy atom. The second-order valence-electron chi connectivity index (χ2n) is 5.81. The van der Waals surface area contributed by atoms with Gasteiger partial charge in [0.2, 0.25) is 0 Å². The fourth-order valence-electron chi connectivity index (χ4n) is 2.54.